The van der Waals surface area contributed by atoms with Crippen LogP contribution >= 0.6 is 0 Å². The number of halogens is 3. The van der Waals surface area contributed by atoms with Gasteiger partial charge in [-0.2, -0.15) is 13.2 Å². The molecule has 0 atom stereocenters. The molecule has 0 aliphatic heterocycles. The fraction of sp³-hybridized carbons (Fsp3) is 0.143. The summed E-state index contributed by atoms with van der Waals surface area (Å²) in [4.78, 5) is 25.9. The van der Waals surface area contributed by atoms with Crippen LogP contribution < -0.4 is 5.56 Å². The van der Waals surface area contributed by atoms with Gasteiger partial charge in [0.05, 0.1) is 17.1 Å². The lowest BCUT2D eigenvalue weighted by Gasteiger charge is -2.18. The number of aryl methyl sites for hydroxylation is 1. The Kier molecular flexibility index (Phi) is 5.43. The van der Waals surface area contributed by atoms with Crippen LogP contribution in [0.1, 0.15) is 16.7 Å². The van der Waals surface area contributed by atoms with Gasteiger partial charge in [-0.1, -0.05) is 35.9 Å². The summed E-state index contributed by atoms with van der Waals surface area (Å²) in [6.07, 6.45) is -4.87. The van der Waals surface area contributed by atoms with Crippen LogP contribution in [-0.4, -0.2) is 9.49 Å². The van der Waals surface area contributed by atoms with Crippen LogP contribution in [0.4, 0.5) is 24.5 Å². The van der Waals surface area contributed by atoms with Gasteiger partial charge in [-0.15, -0.1) is 0 Å². The molecule has 0 aliphatic rings. The predicted molar refractivity (Wildman–Crippen MR) is 104 cm³/mol. The summed E-state index contributed by atoms with van der Waals surface area (Å²) in [5.41, 5.74) is -1.90. The van der Waals surface area contributed by atoms with Crippen LogP contribution in [0.2, 0.25) is 0 Å². The first-order valence-electron chi connectivity index (χ1n) is 8.64. The van der Waals surface area contributed by atoms with Gasteiger partial charge in [-0.25, -0.2) is 4.85 Å². The molecule has 0 N–H and O–H groups in total. The Balaban J connectivity index is 2.25. The van der Waals surface area contributed by atoms with E-state index in [1.54, 1.807) is 31.2 Å². The van der Waals surface area contributed by atoms with E-state index in [4.69, 9.17) is 6.57 Å². The number of benzene rings is 2. The molecule has 0 spiro atoms. The molecule has 0 saturated carbocycles. The molecular formula is C21H14F3N3O3. The van der Waals surface area contributed by atoms with E-state index < -0.39 is 27.9 Å². The molecule has 152 valence electrons. The van der Waals surface area contributed by atoms with Crippen molar-refractivity contribution < 1.29 is 18.1 Å². The molecule has 0 bridgehead atoms. The van der Waals surface area contributed by atoms with Gasteiger partial charge in [-0.05, 0) is 30.2 Å². The molecule has 2 aromatic carbocycles. The molecular weight excluding hydrogens is 399 g/mol. The van der Waals surface area contributed by atoms with Gasteiger partial charge in [0.15, 0.2) is 0 Å². The molecule has 0 fully saturated rings. The van der Waals surface area contributed by atoms with E-state index in [-0.39, 0.29) is 17.9 Å². The van der Waals surface area contributed by atoms with Crippen molar-refractivity contribution in [2.45, 2.75) is 19.6 Å². The Morgan fingerprint density at radius 3 is 2.33 bits per heavy atom. The second-order valence-corrected chi connectivity index (χ2v) is 6.59. The summed E-state index contributed by atoms with van der Waals surface area (Å²) in [6, 6.07) is 12.8. The number of non-ortho nitro benzene ring substituents is 1. The Labute approximate surface area is 168 Å². The lowest BCUT2D eigenvalue weighted by Crippen LogP contribution is -2.25. The van der Waals surface area contributed by atoms with Crippen molar-refractivity contribution in [2.24, 2.45) is 0 Å². The van der Waals surface area contributed by atoms with Crippen molar-refractivity contribution >= 4 is 11.4 Å². The summed E-state index contributed by atoms with van der Waals surface area (Å²) >= 11 is 0. The van der Waals surface area contributed by atoms with E-state index in [0.717, 1.165) is 16.2 Å². The molecule has 9 heteroatoms. The van der Waals surface area contributed by atoms with Gasteiger partial charge in [0, 0.05) is 24.4 Å². The quantitative estimate of drug-likeness (QED) is 0.329. The first-order chi connectivity index (χ1) is 14.1. The van der Waals surface area contributed by atoms with Crippen LogP contribution in [0.5, 0.6) is 0 Å². The lowest BCUT2D eigenvalue weighted by atomic mass is 10.0. The minimum atomic E-state index is -4.87. The molecule has 0 aliphatic carbocycles. The molecule has 30 heavy (non-hydrogen) atoms. The van der Waals surface area contributed by atoms with E-state index in [1.807, 2.05) is 0 Å². The van der Waals surface area contributed by atoms with Crippen molar-refractivity contribution in [1.82, 2.24) is 4.57 Å². The average molecular weight is 413 g/mol. The molecule has 3 rings (SSSR count). The molecule has 3 aromatic rings. The summed E-state index contributed by atoms with van der Waals surface area (Å²) in [6.45, 7) is 8.72. The minimum Gasteiger partial charge on any atom is -0.313 e. The van der Waals surface area contributed by atoms with Gasteiger partial charge in [0.25, 0.3) is 16.9 Å². The summed E-state index contributed by atoms with van der Waals surface area (Å²) in [5, 5.41) is 10.8. The van der Waals surface area contributed by atoms with Crippen molar-refractivity contribution in [3.63, 3.8) is 0 Å². The number of alkyl halides is 3. The third kappa shape index (κ3) is 4.07. The maximum atomic E-state index is 13.5. The normalized spacial score (nSPS) is 11.2. The summed E-state index contributed by atoms with van der Waals surface area (Å²) in [5.74, 6) is 0. The number of nitrogens with zero attached hydrogens (tertiary/aromatic N) is 3. The number of nitro groups is 1. The monoisotopic (exact) mass is 413 g/mol. The second-order valence-electron chi connectivity index (χ2n) is 6.59. The first kappa shape index (κ1) is 20.8. The van der Waals surface area contributed by atoms with Crippen LogP contribution in [0.3, 0.4) is 0 Å². The molecule has 0 amide bonds. The highest BCUT2D eigenvalue weighted by Crippen LogP contribution is 2.37. The largest absolute Gasteiger partial charge is 0.407 e. The van der Waals surface area contributed by atoms with Gasteiger partial charge < -0.3 is 4.57 Å². The van der Waals surface area contributed by atoms with E-state index in [1.165, 1.54) is 24.3 Å². The van der Waals surface area contributed by atoms with Crippen molar-refractivity contribution in [2.75, 3.05) is 0 Å². The maximum Gasteiger partial charge on any atom is 0.407 e. The molecule has 0 unspecified atom stereocenters. The van der Waals surface area contributed by atoms with Crippen molar-refractivity contribution in [3.05, 3.63) is 103 Å². The number of hydrogen-bond acceptors (Lipinski definition) is 3. The topological polar surface area (TPSA) is 69.5 Å². The predicted octanol–water partition coefficient (Wildman–Crippen LogP) is 5.35. The standard InChI is InChI=1S/C21H14F3N3O3/c1-13-4-3-5-15(10-13)18-11-17(21(22,23)24)19(25-2)20(28)26(18)12-14-6-8-16(9-7-14)27(29)30/h3-11H,12H2,1H3. The summed E-state index contributed by atoms with van der Waals surface area (Å²) in [7, 11) is 0. The Hall–Kier alpha value is -3.93. The Bertz CT molecular complexity index is 1220. The molecule has 0 radical (unpaired) electrons. The SMILES string of the molecule is [C-]#[N+]c1c(C(F)(F)F)cc(-c2cccc(C)c2)n(Cc2ccc([N+](=O)[O-])cc2)c1=O. The zero-order valence-corrected chi connectivity index (χ0v) is 15.6. The third-order valence-corrected chi connectivity index (χ3v) is 4.49. The van der Waals surface area contributed by atoms with E-state index in [2.05, 4.69) is 4.85 Å². The number of pyridine rings is 1. The van der Waals surface area contributed by atoms with Gasteiger partial charge in [-0.3, -0.25) is 14.9 Å². The van der Waals surface area contributed by atoms with E-state index in [9.17, 15) is 28.1 Å². The average Bonchev–Trinajstić information content (AvgIpc) is 2.68. The third-order valence-electron chi connectivity index (χ3n) is 4.49. The fourth-order valence-corrected chi connectivity index (χ4v) is 3.07. The van der Waals surface area contributed by atoms with Crippen LogP contribution in [-0.2, 0) is 12.7 Å². The number of nitro benzene ring substituents is 1. The highest BCUT2D eigenvalue weighted by Gasteiger charge is 2.36. The number of aromatic nitrogens is 1. The maximum absolute atomic E-state index is 13.5. The smallest absolute Gasteiger partial charge is 0.313 e. The van der Waals surface area contributed by atoms with Gasteiger partial charge in [0.1, 0.15) is 0 Å². The van der Waals surface area contributed by atoms with Crippen molar-refractivity contribution in [3.8, 4) is 11.3 Å². The minimum absolute atomic E-state index is 0.00165. The van der Waals surface area contributed by atoms with Gasteiger partial charge in [0.2, 0.25) is 0 Å². The van der Waals surface area contributed by atoms with E-state index in [0.29, 0.717) is 11.1 Å². The molecule has 1 heterocycles. The summed E-state index contributed by atoms with van der Waals surface area (Å²) < 4.78 is 41.6. The number of rotatable bonds is 4. The zero-order valence-electron chi connectivity index (χ0n) is 15.6. The fourth-order valence-electron chi connectivity index (χ4n) is 3.07. The molecule has 0 saturated heterocycles. The van der Waals surface area contributed by atoms with Crippen LogP contribution in [0.15, 0.2) is 59.4 Å². The van der Waals surface area contributed by atoms with Crippen LogP contribution in [0, 0.1) is 23.6 Å². The molecule has 1 aromatic heterocycles. The van der Waals surface area contributed by atoms with Crippen molar-refractivity contribution in [1.29, 1.82) is 0 Å². The second kappa shape index (κ2) is 7.83. The Morgan fingerprint density at radius 1 is 1.13 bits per heavy atom. The molecule has 6 nitrogen and oxygen atoms in total. The van der Waals surface area contributed by atoms with Gasteiger partial charge >= 0.3 is 6.18 Å². The highest BCUT2D eigenvalue weighted by atomic mass is 19.4. The number of hydrogen-bond donors (Lipinski definition) is 0. The zero-order chi connectivity index (χ0) is 22.1. The Morgan fingerprint density at radius 2 is 1.80 bits per heavy atom. The highest BCUT2D eigenvalue weighted by molar-refractivity contribution is 5.66. The van der Waals surface area contributed by atoms with E-state index >= 15 is 0 Å². The first-order valence-corrected chi connectivity index (χ1v) is 8.64. The van der Waals surface area contributed by atoms with Crippen LogP contribution in [0.25, 0.3) is 16.1 Å². The lowest BCUT2D eigenvalue weighted by molar-refractivity contribution is -0.384.